The summed E-state index contributed by atoms with van der Waals surface area (Å²) >= 11 is 0. The van der Waals surface area contributed by atoms with Gasteiger partial charge in [-0.15, -0.1) is 0 Å². The van der Waals surface area contributed by atoms with Gasteiger partial charge in [0.05, 0.1) is 18.1 Å². The summed E-state index contributed by atoms with van der Waals surface area (Å²) in [7, 11) is -3.16. The van der Waals surface area contributed by atoms with E-state index in [1.54, 1.807) is 0 Å². The maximum Gasteiger partial charge on any atom is 0.324 e. The molecule has 0 atom stereocenters. The molecule has 3 amide bonds. The zero-order valence-corrected chi connectivity index (χ0v) is 18.1. The zero-order chi connectivity index (χ0) is 21.2. The minimum Gasteiger partial charge on any atom is -0.493 e. The van der Waals surface area contributed by atoms with Crippen molar-refractivity contribution in [2.75, 3.05) is 31.2 Å². The van der Waals surface area contributed by atoms with Crippen molar-refractivity contribution < 1.29 is 22.7 Å². The van der Waals surface area contributed by atoms with Crippen LogP contribution in [-0.4, -0.2) is 56.5 Å². The summed E-state index contributed by atoms with van der Waals surface area (Å²) in [5.41, 5.74) is 0.815. The Balaban J connectivity index is 1.23. The average Bonchev–Trinajstić information content (AvgIpc) is 3.61. The Morgan fingerprint density at radius 3 is 2.60 bits per heavy atom. The number of hydrogen-bond donors (Lipinski definition) is 1. The van der Waals surface area contributed by atoms with Crippen LogP contribution in [0.4, 0.5) is 4.79 Å². The predicted octanol–water partition coefficient (Wildman–Crippen LogP) is 2.64. The van der Waals surface area contributed by atoms with Crippen molar-refractivity contribution in [2.45, 2.75) is 50.4 Å². The van der Waals surface area contributed by atoms with Gasteiger partial charge in [0.1, 0.15) is 12.3 Å². The molecular weight excluding hydrogens is 404 g/mol. The van der Waals surface area contributed by atoms with Crippen molar-refractivity contribution in [1.29, 1.82) is 0 Å². The molecule has 2 aliphatic carbocycles. The fraction of sp³-hybridized carbons (Fsp3) is 0.636. The number of nitrogens with one attached hydrogen (secondary N) is 1. The van der Waals surface area contributed by atoms with Gasteiger partial charge in [0.15, 0.2) is 9.84 Å². The van der Waals surface area contributed by atoms with Gasteiger partial charge in [-0.2, -0.15) is 0 Å². The van der Waals surface area contributed by atoms with Gasteiger partial charge in [-0.3, -0.25) is 10.1 Å². The Kier molecular flexibility index (Phi) is 6.04. The zero-order valence-electron chi connectivity index (χ0n) is 17.3. The molecular formula is C22H30N2O5S. The standard InChI is InChI=1S/C22H30N2O5S/c25-20-14-24(21(26)23-20)11-2-1-3-12-30(27,28)16-22(9-10-22)18-5-4-6-19(13-18)29-15-17-7-8-17/h4-6,13,17H,1-3,7-12,14-16H2,(H,23,25,26). The number of ether oxygens (including phenoxy) is 1. The molecule has 1 aromatic carbocycles. The van der Waals surface area contributed by atoms with Crippen LogP contribution >= 0.6 is 0 Å². The van der Waals surface area contributed by atoms with Crippen LogP contribution in [-0.2, 0) is 20.0 Å². The number of rotatable bonds is 12. The van der Waals surface area contributed by atoms with Crippen LogP contribution in [0.15, 0.2) is 24.3 Å². The number of carbonyl (C=O) groups excluding carboxylic acids is 2. The number of unbranched alkanes of at least 4 members (excludes halogenated alkanes) is 2. The van der Waals surface area contributed by atoms with E-state index in [1.807, 2.05) is 24.3 Å². The third-order valence-corrected chi connectivity index (χ3v) is 8.13. The van der Waals surface area contributed by atoms with E-state index in [-0.39, 0.29) is 35.4 Å². The highest BCUT2D eigenvalue weighted by Crippen LogP contribution is 2.50. The molecule has 0 unspecified atom stereocenters. The predicted molar refractivity (Wildman–Crippen MR) is 113 cm³/mol. The Hall–Kier alpha value is -2.09. The molecule has 0 bridgehead atoms. The van der Waals surface area contributed by atoms with Crippen molar-refractivity contribution in [3.05, 3.63) is 29.8 Å². The lowest BCUT2D eigenvalue weighted by molar-refractivity contribution is -0.118. The molecule has 3 fully saturated rings. The first-order valence-electron chi connectivity index (χ1n) is 10.9. The van der Waals surface area contributed by atoms with Gasteiger partial charge in [-0.25, -0.2) is 13.2 Å². The lowest BCUT2D eigenvalue weighted by atomic mass is 9.98. The summed E-state index contributed by atoms with van der Waals surface area (Å²) in [5.74, 6) is 1.60. The number of imide groups is 1. The minimum absolute atomic E-state index is 0.100. The van der Waals surface area contributed by atoms with Crippen LogP contribution in [0.5, 0.6) is 5.75 Å². The molecule has 0 radical (unpaired) electrons. The number of nitrogens with zero attached hydrogens (tertiary/aromatic N) is 1. The molecule has 3 aliphatic rings. The number of hydrogen-bond acceptors (Lipinski definition) is 5. The maximum absolute atomic E-state index is 12.7. The lowest BCUT2D eigenvalue weighted by Gasteiger charge is -2.17. The minimum atomic E-state index is -3.16. The van der Waals surface area contributed by atoms with Gasteiger partial charge in [-0.1, -0.05) is 18.6 Å². The van der Waals surface area contributed by atoms with Gasteiger partial charge >= 0.3 is 6.03 Å². The fourth-order valence-electron chi connectivity index (χ4n) is 4.04. The number of benzene rings is 1. The quantitative estimate of drug-likeness (QED) is 0.403. The van der Waals surface area contributed by atoms with E-state index in [0.717, 1.165) is 30.8 Å². The molecule has 0 spiro atoms. The van der Waals surface area contributed by atoms with E-state index in [1.165, 1.54) is 17.7 Å². The van der Waals surface area contributed by atoms with Gasteiger partial charge in [0.2, 0.25) is 5.91 Å². The van der Waals surface area contributed by atoms with Crippen LogP contribution in [0, 0.1) is 5.92 Å². The van der Waals surface area contributed by atoms with E-state index in [2.05, 4.69) is 5.32 Å². The SMILES string of the molecule is O=C1CN(CCCCCS(=O)(=O)CC2(c3cccc(OCC4CC4)c3)CC2)C(=O)N1. The molecule has 1 aliphatic heterocycles. The van der Waals surface area contributed by atoms with E-state index < -0.39 is 9.84 Å². The molecule has 7 nitrogen and oxygen atoms in total. The molecule has 1 aromatic rings. The second-order valence-corrected chi connectivity index (χ2v) is 11.2. The Morgan fingerprint density at radius 1 is 1.13 bits per heavy atom. The van der Waals surface area contributed by atoms with Crippen molar-refractivity contribution in [3.8, 4) is 5.75 Å². The van der Waals surface area contributed by atoms with Gasteiger partial charge in [0, 0.05) is 12.0 Å². The average molecular weight is 435 g/mol. The summed E-state index contributed by atoms with van der Waals surface area (Å²) in [6.45, 7) is 1.33. The molecule has 1 heterocycles. The summed E-state index contributed by atoms with van der Waals surface area (Å²) in [5, 5.41) is 2.24. The summed E-state index contributed by atoms with van der Waals surface area (Å²) in [6.07, 6.45) is 6.27. The molecule has 4 rings (SSSR count). The summed E-state index contributed by atoms with van der Waals surface area (Å²) in [4.78, 5) is 24.1. The number of carbonyl (C=O) groups is 2. The van der Waals surface area contributed by atoms with Crippen LogP contribution in [0.1, 0.15) is 50.5 Å². The maximum atomic E-state index is 12.7. The first-order chi connectivity index (χ1) is 14.4. The Labute approximate surface area is 178 Å². The van der Waals surface area contributed by atoms with Crippen molar-refractivity contribution in [3.63, 3.8) is 0 Å². The molecule has 2 saturated carbocycles. The molecule has 8 heteroatoms. The van der Waals surface area contributed by atoms with Crippen LogP contribution in [0.25, 0.3) is 0 Å². The topological polar surface area (TPSA) is 92.8 Å². The van der Waals surface area contributed by atoms with Crippen LogP contribution < -0.4 is 10.1 Å². The van der Waals surface area contributed by atoms with Crippen molar-refractivity contribution in [2.24, 2.45) is 5.92 Å². The first-order valence-corrected chi connectivity index (χ1v) is 12.7. The monoisotopic (exact) mass is 434 g/mol. The number of sulfone groups is 1. The van der Waals surface area contributed by atoms with Gasteiger partial charge < -0.3 is 9.64 Å². The van der Waals surface area contributed by atoms with E-state index >= 15 is 0 Å². The Morgan fingerprint density at radius 2 is 1.93 bits per heavy atom. The number of amides is 3. The fourth-order valence-corrected chi connectivity index (χ4v) is 6.13. The lowest BCUT2D eigenvalue weighted by Crippen LogP contribution is -2.29. The van der Waals surface area contributed by atoms with E-state index in [4.69, 9.17) is 4.74 Å². The smallest absolute Gasteiger partial charge is 0.324 e. The molecule has 30 heavy (non-hydrogen) atoms. The van der Waals surface area contributed by atoms with Crippen molar-refractivity contribution in [1.82, 2.24) is 10.2 Å². The second-order valence-electron chi connectivity index (χ2n) is 8.99. The first kappa shape index (κ1) is 21.2. The third kappa shape index (κ3) is 5.53. The molecule has 0 aromatic heterocycles. The van der Waals surface area contributed by atoms with Crippen molar-refractivity contribution >= 4 is 21.8 Å². The van der Waals surface area contributed by atoms with Gasteiger partial charge in [-0.05, 0) is 62.1 Å². The highest BCUT2D eigenvalue weighted by atomic mass is 32.2. The molecule has 1 saturated heterocycles. The highest BCUT2D eigenvalue weighted by molar-refractivity contribution is 7.91. The Bertz CT molecular complexity index is 906. The van der Waals surface area contributed by atoms with E-state index in [9.17, 15) is 18.0 Å². The second kappa shape index (κ2) is 8.57. The normalized spacial score (nSPS) is 20.3. The molecule has 164 valence electrons. The third-order valence-electron chi connectivity index (χ3n) is 6.23. The number of urea groups is 1. The molecule has 1 N–H and O–H groups in total. The van der Waals surface area contributed by atoms with E-state index in [0.29, 0.717) is 31.7 Å². The van der Waals surface area contributed by atoms with Crippen LogP contribution in [0.2, 0.25) is 0 Å². The van der Waals surface area contributed by atoms with Crippen LogP contribution in [0.3, 0.4) is 0 Å². The summed E-state index contributed by atoms with van der Waals surface area (Å²) in [6, 6.07) is 7.60. The largest absolute Gasteiger partial charge is 0.493 e. The summed E-state index contributed by atoms with van der Waals surface area (Å²) < 4.78 is 31.3. The highest BCUT2D eigenvalue weighted by Gasteiger charge is 2.47. The van der Waals surface area contributed by atoms with Gasteiger partial charge in [0.25, 0.3) is 0 Å².